The third kappa shape index (κ3) is 0.956. The summed E-state index contributed by atoms with van der Waals surface area (Å²) in [5.74, 6) is 6.77. The van der Waals surface area contributed by atoms with Crippen LogP contribution in [0.5, 0.6) is 0 Å². The van der Waals surface area contributed by atoms with E-state index in [2.05, 4.69) is 5.01 Å². The summed E-state index contributed by atoms with van der Waals surface area (Å²) in [4.78, 5) is 0. The van der Waals surface area contributed by atoms with Gasteiger partial charge in [0.25, 0.3) is 0 Å². The van der Waals surface area contributed by atoms with Gasteiger partial charge in [-0.1, -0.05) is 12.8 Å². The molecule has 2 nitrogen and oxygen atoms in total. The Morgan fingerprint density at radius 2 is 1.90 bits per heavy atom. The van der Waals surface area contributed by atoms with E-state index in [0.29, 0.717) is 0 Å². The van der Waals surface area contributed by atoms with Crippen molar-refractivity contribution in [2.75, 3.05) is 6.54 Å². The molecule has 0 aromatic carbocycles. The molecule has 2 fully saturated rings. The molecule has 0 spiro atoms. The Morgan fingerprint density at radius 3 is 2.70 bits per heavy atom. The van der Waals surface area contributed by atoms with Gasteiger partial charge >= 0.3 is 0 Å². The van der Waals surface area contributed by atoms with Gasteiger partial charge in [0.05, 0.1) is 0 Å². The molecule has 2 unspecified atom stereocenters. The second kappa shape index (κ2) is 2.51. The largest absolute Gasteiger partial charge is 0.269 e. The molecule has 0 aromatic rings. The Bertz CT molecular complexity index is 122. The summed E-state index contributed by atoms with van der Waals surface area (Å²) in [6.07, 6.45) is 6.96. The van der Waals surface area contributed by atoms with Crippen LogP contribution in [0, 0.1) is 5.92 Å². The summed E-state index contributed by atoms with van der Waals surface area (Å²) in [6, 6.07) is 0.744. The first-order chi connectivity index (χ1) is 4.88. The van der Waals surface area contributed by atoms with Crippen LogP contribution < -0.4 is 5.84 Å². The van der Waals surface area contributed by atoms with E-state index in [9.17, 15) is 0 Å². The fraction of sp³-hybridized carbons (Fsp3) is 1.00. The van der Waals surface area contributed by atoms with Crippen LogP contribution in [0.25, 0.3) is 0 Å². The molecular weight excluding hydrogens is 124 g/mol. The quantitative estimate of drug-likeness (QED) is 0.511. The van der Waals surface area contributed by atoms with E-state index in [1.807, 2.05) is 0 Å². The van der Waals surface area contributed by atoms with Crippen molar-refractivity contribution >= 4 is 0 Å². The second-order valence-electron chi connectivity index (χ2n) is 3.64. The molecule has 0 radical (unpaired) electrons. The summed E-state index contributed by atoms with van der Waals surface area (Å²) < 4.78 is 0. The maximum atomic E-state index is 5.82. The monoisotopic (exact) mass is 140 g/mol. The van der Waals surface area contributed by atoms with Crippen LogP contribution in [-0.2, 0) is 0 Å². The highest BCUT2D eigenvalue weighted by Gasteiger charge is 2.33. The van der Waals surface area contributed by atoms with Crippen LogP contribution in [0.4, 0.5) is 0 Å². The Balaban J connectivity index is 2.01. The molecule has 0 aromatic heterocycles. The first-order valence-electron chi connectivity index (χ1n) is 4.39. The molecule has 0 bridgehead atoms. The van der Waals surface area contributed by atoms with Gasteiger partial charge in [0.15, 0.2) is 0 Å². The van der Waals surface area contributed by atoms with Gasteiger partial charge in [-0.25, -0.2) is 5.01 Å². The number of nitrogens with zero attached hydrogens (tertiary/aromatic N) is 1. The summed E-state index contributed by atoms with van der Waals surface area (Å²) >= 11 is 0. The lowest BCUT2D eigenvalue weighted by Gasteiger charge is -2.28. The summed E-state index contributed by atoms with van der Waals surface area (Å²) in [5, 5.41) is 2.06. The number of fused-ring (bicyclic) bond motifs is 1. The first-order valence-corrected chi connectivity index (χ1v) is 4.39. The molecule has 1 heterocycles. The molecule has 0 amide bonds. The average Bonchev–Trinajstić information content (AvgIpc) is 2.34. The van der Waals surface area contributed by atoms with E-state index in [1.54, 1.807) is 0 Å². The van der Waals surface area contributed by atoms with E-state index in [1.165, 1.54) is 32.1 Å². The predicted molar refractivity (Wildman–Crippen MR) is 41.3 cm³/mol. The van der Waals surface area contributed by atoms with E-state index >= 15 is 0 Å². The topological polar surface area (TPSA) is 29.3 Å². The Labute approximate surface area is 62.4 Å². The molecule has 2 rings (SSSR count). The fourth-order valence-corrected chi connectivity index (χ4v) is 2.44. The van der Waals surface area contributed by atoms with Gasteiger partial charge in [-0.3, -0.25) is 5.84 Å². The lowest BCUT2D eigenvalue weighted by molar-refractivity contribution is 0.186. The summed E-state index contributed by atoms with van der Waals surface area (Å²) in [6.45, 7) is 1.13. The molecule has 2 aliphatic rings. The zero-order valence-electron chi connectivity index (χ0n) is 6.42. The number of nitrogens with two attached hydrogens (primary N) is 1. The van der Waals surface area contributed by atoms with Crippen molar-refractivity contribution in [1.29, 1.82) is 0 Å². The van der Waals surface area contributed by atoms with Gasteiger partial charge in [-0.05, 0) is 25.2 Å². The van der Waals surface area contributed by atoms with E-state index in [-0.39, 0.29) is 0 Å². The van der Waals surface area contributed by atoms with Crippen LogP contribution in [0.3, 0.4) is 0 Å². The fourth-order valence-electron chi connectivity index (χ4n) is 2.44. The van der Waals surface area contributed by atoms with Gasteiger partial charge in [0.1, 0.15) is 0 Å². The van der Waals surface area contributed by atoms with Crippen LogP contribution in [0.2, 0.25) is 0 Å². The van der Waals surface area contributed by atoms with Crippen LogP contribution in [-0.4, -0.2) is 17.6 Å². The van der Waals surface area contributed by atoms with E-state index in [4.69, 9.17) is 5.84 Å². The molecule has 2 N–H and O–H groups in total. The van der Waals surface area contributed by atoms with E-state index < -0.39 is 0 Å². The van der Waals surface area contributed by atoms with Crippen molar-refractivity contribution in [1.82, 2.24) is 5.01 Å². The molecule has 2 atom stereocenters. The Morgan fingerprint density at radius 1 is 1.10 bits per heavy atom. The number of rotatable bonds is 0. The van der Waals surface area contributed by atoms with Crippen molar-refractivity contribution in [2.24, 2.45) is 11.8 Å². The normalized spacial score (nSPS) is 41.7. The highest BCUT2D eigenvalue weighted by Crippen LogP contribution is 2.33. The van der Waals surface area contributed by atoms with Crippen molar-refractivity contribution < 1.29 is 0 Å². The summed E-state index contributed by atoms with van der Waals surface area (Å²) in [7, 11) is 0. The number of hydrogen-bond donors (Lipinski definition) is 1. The van der Waals surface area contributed by atoms with Crippen molar-refractivity contribution in [2.45, 2.75) is 38.1 Å². The minimum atomic E-state index is 0.744. The van der Waals surface area contributed by atoms with E-state index in [0.717, 1.165) is 18.5 Å². The molecule has 1 saturated heterocycles. The number of hydrogen-bond acceptors (Lipinski definition) is 2. The maximum absolute atomic E-state index is 5.82. The average molecular weight is 140 g/mol. The number of hydrazine groups is 1. The molecule has 1 aliphatic carbocycles. The van der Waals surface area contributed by atoms with Crippen LogP contribution in [0.15, 0.2) is 0 Å². The Kier molecular flexibility index (Phi) is 1.66. The predicted octanol–water partition coefficient (Wildman–Crippen LogP) is 1.12. The zero-order valence-corrected chi connectivity index (χ0v) is 6.42. The highest BCUT2D eigenvalue weighted by molar-refractivity contribution is 4.86. The minimum Gasteiger partial charge on any atom is -0.269 e. The third-order valence-corrected chi connectivity index (χ3v) is 3.05. The lowest BCUT2D eigenvalue weighted by Crippen LogP contribution is -2.39. The van der Waals surface area contributed by atoms with Crippen molar-refractivity contribution in [3.05, 3.63) is 0 Å². The molecule has 1 saturated carbocycles. The molecule has 2 heteroatoms. The Hall–Kier alpha value is -0.0800. The first kappa shape index (κ1) is 6.62. The SMILES string of the molecule is NN1CCC2CCCCC21. The van der Waals surface area contributed by atoms with Gasteiger partial charge in [-0.15, -0.1) is 0 Å². The van der Waals surface area contributed by atoms with Gasteiger partial charge in [-0.2, -0.15) is 0 Å². The van der Waals surface area contributed by atoms with Crippen LogP contribution >= 0.6 is 0 Å². The van der Waals surface area contributed by atoms with Crippen molar-refractivity contribution in [3.8, 4) is 0 Å². The van der Waals surface area contributed by atoms with Gasteiger partial charge < -0.3 is 0 Å². The third-order valence-electron chi connectivity index (χ3n) is 3.05. The van der Waals surface area contributed by atoms with Crippen LogP contribution in [0.1, 0.15) is 32.1 Å². The molecule has 1 aliphatic heterocycles. The lowest BCUT2D eigenvalue weighted by atomic mass is 9.85. The molecule has 58 valence electrons. The minimum absolute atomic E-state index is 0.744. The maximum Gasteiger partial charge on any atom is 0.0269 e. The second-order valence-corrected chi connectivity index (χ2v) is 3.64. The van der Waals surface area contributed by atoms with Gasteiger partial charge in [0.2, 0.25) is 0 Å². The van der Waals surface area contributed by atoms with Gasteiger partial charge in [0, 0.05) is 12.6 Å². The highest BCUT2D eigenvalue weighted by atomic mass is 15.4. The summed E-state index contributed by atoms with van der Waals surface area (Å²) in [5.41, 5.74) is 0. The smallest absolute Gasteiger partial charge is 0.0269 e. The molecule has 10 heavy (non-hydrogen) atoms. The molecular formula is C8H16N2. The van der Waals surface area contributed by atoms with Crippen molar-refractivity contribution in [3.63, 3.8) is 0 Å². The standard InChI is InChI=1S/C8H16N2/c9-10-6-5-7-3-1-2-4-8(7)10/h7-8H,1-6,9H2. The zero-order chi connectivity index (χ0) is 6.97.